The van der Waals surface area contributed by atoms with Crippen LogP contribution in [0.15, 0.2) is 48.8 Å². The van der Waals surface area contributed by atoms with E-state index in [1.165, 1.54) is 0 Å². The van der Waals surface area contributed by atoms with Crippen molar-refractivity contribution in [2.45, 2.75) is 0 Å². The van der Waals surface area contributed by atoms with Gasteiger partial charge in [-0.05, 0) is 40.8 Å². The van der Waals surface area contributed by atoms with Crippen molar-refractivity contribution in [1.29, 1.82) is 0 Å². The molecule has 19 heavy (non-hydrogen) atoms. The number of halogens is 1. The fraction of sp³-hybridized carbons (Fsp3) is 0. The minimum absolute atomic E-state index is 0.161. The van der Waals surface area contributed by atoms with Gasteiger partial charge in [-0.15, -0.1) is 0 Å². The Morgan fingerprint density at radius 3 is 2.84 bits per heavy atom. The first kappa shape index (κ1) is 12.2. The lowest BCUT2D eigenvalue weighted by atomic mass is 10.1. The Morgan fingerprint density at radius 1 is 1.21 bits per heavy atom. The molecule has 2 N–H and O–H groups in total. The van der Waals surface area contributed by atoms with Gasteiger partial charge in [0.25, 0.3) is 5.91 Å². The molecule has 4 nitrogen and oxygen atoms in total. The van der Waals surface area contributed by atoms with Gasteiger partial charge < -0.3 is 10.3 Å². The number of rotatable bonds is 2. The molecule has 5 heteroatoms. The van der Waals surface area contributed by atoms with Gasteiger partial charge in [-0.2, -0.15) is 0 Å². The lowest BCUT2D eigenvalue weighted by Crippen LogP contribution is -2.12. The van der Waals surface area contributed by atoms with E-state index in [9.17, 15) is 4.79 Å². The van der Waals surface area contributed by atoms with Gasteiger partial charge in [-0.3, -0.25) is 4.79 Å². The lowest BCUT2D eigenvalue weighted by molar-refractivity contribution is 0.102. The first-order valence-electron chi connectivity index (χ1n) is 5.73. The van der Waals surface area contributed by atoms with Gasteiger partial charge in [0.1, 0.15) is 5.82 Å². The number of carbonyl (C=O) groups excluding carboxylic acids is 1. The van der Waals surface area contributed by atoms with Crippen LogP contribution in [0.4, 0.5) is 5.82 Å². The van der Waals surface area contributed by atoms with E-state index in [-0.39, 0.29) is 5.91 Å². The summed E-state index contributed by atoms with van der Waals surface area (Å²) < 4.78 is 1.03. The maximum Gasteiger partial charge on any atom is 0.258 e. The summed E-state index contributed by atoms with van der Waals surface area (Å²) in [6.07, 6.45) is 3.43. The van der Waals surface area contributed by atoms with Crippen LogP contribution in [-0.4, -0.2) is 15.9 Å². The maximum absolute atomic E-state index is 12.2. The average Bonchev–Trinajstić information content (AvgIpc) is 2.85. The zero-order chi connectivity index (χ0) is 13.2. The highest BCUT2D eigenvalue weighted by molar-refractivity contribution is 14.1. The fourth-order valence-electron chi connectivity index (χ4n) is 1.89. The summed E-state index contributed by atoms with van der Waals surface area (Å²) in [5.74, 6) is 0.391. The van der Waals surface area contributed by atoms with Crippen LogP contribution in [0.1, 0.15) is 10.4 Å². The number of benzene rings is 1. The number of hydrogen-bond donors (Lipinski definition) is 2. The van der Waals surface area contributed by atoms with Gasteiger partial charge in [-0.25, -0.2) is 4.98 Å². The molecule has 3 aromatic rings. The van der Waals surface area contributed by atoms with Gasteiger partial charge in [0.15, 0.2) is 0 Å². The zero-order valence-electron chi connectivity index (χ0n) is 9.85. The summed E-state index contributed by atoms with van der Waals surface area (Å²) in [5, 5.41) is 3.70. The SMILES string of the molecule is O=C(Nc1ccc(I)cn1)c1c[nH]c2ccccc12. The lowest BCUT2D eigenvalue weighted by Gasteiger charge is -2.03. The highest BCUT2D eigenvalue weighted by atomic mass is 127. The van der Waals surface area contributed by atoms with Crippen LogP contribution in [0, 0.1) is 3.57 Å². The predicted octanol–water partition coefficient (Wildman–Crippen LogP) is 3.42. The standard InChI is InChI=1S/C14H10IN3O/c15-9-5-6-13(17-7-9)18-14(19)11-8-16-12-4-2-1-3-10(11)12/h1-8,16H,(H,17,18,19). The molecule has 0 aliphatic rings. The third-order valence-electron chi connectivity index (χ3n) is 2.80. The predicted molar refractivity (Wildman–Crippen MR) is 83.2 cm³/mol. The van der Waals surface area contributed by atoms with Crippen molar-refractivity contribution in [2.75, 3.05) is 5.32 Å². The fourth-order valence-corrected chi connectivity index (χ4v) is 2.21. The Kier molecular flexibility index (Phi) is 3.20. The first-order chi connectivity index (χ1) is 9.24. The normalized spacial score (nSPS) is 10.6. The van der Waals surface area contributed by atoms with E-state index >= 15 is 0 Å². The van der Waals surface area contributed by atoms with E-state index < -0.39 is 0 Å². The molecule has 0 bridgehead atoms. The third kappa shape index (κ3) is 2.46. The molecule has 2 heterocycles. The molecule has 0 saturated heterocycles. The van der Waals surface area contributed by atoms with Crippen LogP contribution in [0.5, 0.6) is 0 Å². The number of nitrogens with one attached hydrogen (secondary N) is 2. The number of fused-ring (bicyclic) bond motifs is 1. The highest BCUT2D eigenvalue weighted by Crippen LogP contribution is 2.18. The Labute approximate surface area is 123 Å². The van der Waals surface area contributed by atoms with Crippen LogP contribution < -0.4 is 5.32 Å². The minimum Gasteiger partial charge on any atom is -0.360 e. The number of hydrogen-bond acceptors (Lipinski definition) is 2. The van der Waals surface area contributed by atoms with E-state index in [4.69, 9.17) is 0 Å². The summed E-state index contributed by atoms with van der Waals surface area (Å²) in [7, 11) is 0. The molecule has 0 aliphatic carbocycles. The van der Waals surface area contributed by atoms with Gasteiger partial charge >= 0.3 is 0 Å². The number of anilines is 1. The number of H-pyrrole nitrogens is 1. The van der Waals surface area contributed by atoms with Crippen LogP contribution >= 0.6 is 22.6 Å². The first-order valence-corrected chi connectivity index (χ1v) is 6.81. The molecule has 94 valence electrons. The second-order valence-corrected chi connectivity index (χ2v) is 5.31. The summed E-state index contributed by atoms with van der Waals surface area (Å²) in [6, 6.07) is 11.4. The molecule has 0 atom stereocenters. The van der Waals surface area contributed by atoms with Crippen molar-refractivity contribution in [3.63, 3.8) is 0 Å². The number of pyridine rings is 1. The molecular weight excluding hydrogens is 353 g/mol. The van der Waals surface area contributed by atoms with Crippen LogP contribution in [0.2, 0.25) is 0 Å². The number of carbonyl (C=O) groups is 1. The Balaban J connectivity index is 1.90. The Morgan fingerprint density at radius 2 is 2.05 bits per heavy atom. The van der Waals surface area contributed by atoms with Gasteiger partial charge in [0.05, 0.1) is 5.56 Å². The number of aromatic amines is 1. The molecule has 0 radical (unpaired) electrons. The van der Waals surface area contributed by atoms with E-state index in [2.05, 4.69) is 37.9 Å². The second kappa shape index (κ2) is 5.00. The van der Waals surface area contributed by atoms with Crippen molar-refractivity contribution >= 4 is 45.2 Å². The molecule has 2 aromatic heterocycles. The number of aromatic nitrogens is 2. The number of nitrogens with zero attached hydrogens (tertiary/aromatic N) is 1. The Bertz CT molecular complexity index is 734. The third-order valence-corrected chi connectivity index (χ3v) is 3.44. The number of amides is 1. The quantitative estimate of drug-likeness (QED) is 0.686. The van der Waals surface area contributed by atoms with Crippen LogP contribution in [0.3, 0.4) is 0 Å². The molecule has 0 fully saturated rings. The van der Waals surface area contributed by atoms with Gasteiger partial charge in [0, 0.05) is 26.9 Å². The van der Waals surface area contributed by atoms with Crippen LogP contribution in [0.25, 0.3) is 10.9 Å². The monoisotopic (exact) mass is 363 g/mol. The Hall–Kier alpha value is -1.89. The van der Waals surface area contributed by atoms with Crippen molar-refractivity contribution in [3.05, 3.63) is 57.9 Å². The molecule has 1 aromatic carbocycles. The van der Waals surface area contributed by atoms with Crippen LogP contribution in [-0.2, 0) is 0 Å². The van der Waals surface area contributed by atoms with E-state index in [1.54, 1.807) is 18.5 Å². The molecule has 3 rings (SSSR count). The van der Waals surface area contributed by atoms with Gasteiger partial charge in [0.2, 0.25) is 0 Å². The topological polar surface area (TPSA) is 57.8 Å². The molecule has 0 saturated carbocycles. The average molecular weight is 363 g/mol. The summed E-state index contributed by atoms with van der Waals surface area (Å²) >= 11 is 2.17. The largest absolute Gasteiger partial charge is 0.360 e. The molecule has 0 spiro atoms. The molecule has 0 aliphatic heterocycles. The molecular formula is C14H10IN3O. The molecule has 0 unspecified atom stereocenters. The highest BCUT2D eigenvalue weighted by Gasteiger charge is 2.11. The minimum atomic E-state index is -0.161. The van der Waals surface area contributed by atoms with Crippen molar-refractivity contribution < 1.29 is 4.79 Å². The van der Waals surface area contributed by atoms with Crippen molar-refractivity contribution in [3.8, 4) is 0 Å². The van der Waals surface area contributed by atoms with Crippen molar-refractivity contribution in [1.82, 2.24) is 9.97 Å². The second-order valence-electron chi connectivity index (χ2n) is 4.06. The number of para-hydroxylation sites is 1. The van der Waals surface area contributed by atoms with Crippen molar-refractivity contribution in [2.24, 2.45) is 0 Å². The molecule has 1 amide bonds. The summed E-state index contributed by atoms with van der Waals surface area (Å²) in [6.45, 7) is 0. The summed E-state index contributed by atoms with van der Waals surface area (Å²) in [5.41, 5.74) is 1.57. The van der Waals surface area contributed by atoms with E-state index in [1.807, 2.05) is 30.3 Å². The van der Waals surface area contributed by atoms with E-state index in [0.717, 1.165) is 14.5 Å². The summed E-state index contributed by atoms with van der Waals surface area (Å²) in [4.78, 5) is 19.4. The smallest absolute Gasteiger partial charge is 0.258 e. The zero-order valence-corrected chi connectivity index (χ0v) is 12.0. The van der Waals surface area contributed by atoms with E-state index in [0.29, 0.717) is 11.4 Å². The maximum atomic E-state index is 12.2. The van der Waals surface area contributed by atoms with Gasteiger partial charge in [-0.1, -0.05) is 18.2 Å².